The van der Waals surface area contributed by atoms with Gasteiger partial charge < -0.3 is 4.74 Å². The molecule has 0 saturated carbocycles. The Morgan fingerprint density at radius 3 is 2.65 bits per heavy atom. The van der Waals surface area contributed by atoms with Crippen LogP contribution in [0.1, 0.15) is 5.56 Å². The van der Waals surface area contributed by atoms with E-state index in [4.69, 9.17) is 4.74 Å². The van der Waals surface area contributed by atoms with Gasteiger partial charge in [-0.25, -0.2) is 5.43 Å². The molecule has 0 saturated heterocycles. The molecule has 0 radical (unpaired) electrons. The zero-order valence-electron chi connectivity index (χ0n) is 10.5. The summed E-state index contributed by atoms with van der Waals surface area (Å²) in [5, 5.41) is 3.83. The Bertz CT molecular complexity index is 585. The van der Waals surface area contributed by atoms with Crippen LogP contribution < -0.4 is 10.2 Å². The molecule has 1 N–H and O–H groups in total. The predicted molar refractivity (Wildman–Crippen MR) is 79.6 cm³/mol. The molecule has 0 unspecified atom stereocenters. The molecule has 6 heteroatoms. The van der Waals surface area contributed by atoms with Crippen molar-refractivity contribution >= 4 is 28.1 Å². The van der Waals surface area contributed by atoms with Crippen LogP contribution in [0.5, 0.6) is 5.75 Å². The molecule has 0 aliphatic carbocycles. The summed E-state index contributed by atoms with van der Waals surface area (Å²) in [5.74, 6) is 0.305. The van der Waals surface area contributed by atoms with Crippen LogP contribution in [-0.4, -0.2) is 23.7 Å². The van der Waals surface area contributed by atoms with Crippen molar-refractivity contribution in [3.8, 4) is 5.75 Å². The normalized spacial score (nSPS) is 10.4. The third-order valence-electron chi connectivity index (χ3n) is 2.29. The van der Waals surface area contributed by atoms with E-state index in [1.165, 1.54) is 0 Å². The minimum absolute atomic E-state index is 0.0880. The third-order valence-corrected chi connectivity index (χ3v) is 2.82. The van der Waals surface area contributed by atoms with E-state index in [1.807, 2.05) is 12.1 Å². The first-order valence-corrected chi connectivity index (χ1v) is 6.63. The Balaban J connectivity index is 1.76. The number of hydrogen-bond acceptors (Lipinski definition) is 4. The van der Waals surface area contributed by atoms with Gasteiger partial charge >= 0.3 is 0 Å². The number of aromatic nitrogens is 1. The Hall–Kier alpha value is -2.21. The van der Waals surface area contributed by atoms with Crippen molar-refractivity contribution in [3.05, 3.63) is 58.8 Å². The van der Waals surface area contributed by atoms with E-state index in [9.17, 15) is 4.79 Å². The largest absolute Gasteiger partial charge is 0.484 e. The van der Waals surface area contributed by atoms with E-state index in [2.05, 4.69) is 31.4 Å². The summed E-state index contributed by atoms with van der Waals surface area (Å²) in [6.45, 7) is -0.0880. The summed E-state index contributed by atoms with van der Waals surface area (Å²) in [5.41, 5.74) is 3.24. The number of benzene rings is 1. The van der Waals surface area contributed by atoms with Gasteiger partial charge in [0.15, 0.2) is 6.61 Å². The first kappa shape index (κ1) is 14.2. The number of amides is 1. The summed E-state index contributed by atoms with van der Waals surface area (Å²) in [7, 11) is 0. The van der Waals surface area contributed by atoms with Crippen LogP contribution in [0, 0.1) is 0 Å². The van der Waals surface area contributed by atoms with E-state index in [-0.39, 0.29) is 12.5 Å². The molecule has 0 aliphatic heterocycles. The summed E-state index contributed by atoms with van der Waals surface area (Å²) >= 11 is 3.32. The van der Waals surface area contributed by atoms with Gasteiger partial charge in [-0.1, -0.05) is 15.9 Å². The Morgan fingerprint density at radius 1 is 1.25 bits per heavy atom. The molecule has 20 heavy (non-hydrogen) atoms. The maximum Gasteiger partial charge on any atom is 0.277 e. The minimum atomic E-state index is -0.321. The van der Waals surface area contributed by atoms with Gasteiger partial charge in [0, 0.05) is 16.9 Å². The highest BCUT2D eigenvalue weighted by molar-refractivity contribution is 9.10. The number of halogens is 1. The van der Waals surface area contributed by atoms with Gasteiger partial charge in [-0.3, -0.25) is 9.78 Å². The molecule has 5 nitrogen and oxygen atoms in total. The smallest absolute Gasteiger partial charge is 0.277 e. The quantitative estimate of drug-likeness (QED) is 0.674. The van der Waals surface area contributed by atoms with Gasteiger partial charge in [0.2, 0.25) is 0 Å². The zero-order chi connectivity index (χ0) is 14.2. The lowest BCUT2D eigenvalue weighted by molar-refractivity contribution is -0.123. The molecule has 2 aromatic rings. The van der Waals surface area contributed by atoms with E-state index in [0.29, 0.717) is 5.75 Å². The first-order chi connectivity index (χ1) is 9.74. The fraction of sp³-hybridized carbons (Fsp3) is 0.0714. The average molecular weight is 334 g/mol. The standard InChI is InChI=1S/C14H12BrN3O2/c15-12-1-3-13(4-2-12)20-10-14(19)18-17-9-11-5-7-16-8-6-11/h1-9H,10H2,(H,18,19)/b17-9+. The van der Waals surface area contributed by atoms with Crippen LogP contribution in [0.3, 0.4) is 0 Å². The van der Waals surface area contributed by atoms with E-state index >= 15 is 0 Å². The van der Waals surface area contributed by atoms with Crippen molar-refractivity contribution in [1.29, 1.82) is 0 Å². The van der Waals surface area contributed by atoms with Gasteiger partial charge in [0.05, 0.1) is 6.21 Å². The Labute approximate surface area is 124 Å². The number of nitrogens with zero attached hydrogens (tertiary/aromatic N) is 2. The highest BCUT2D eigenvalue weighted by Crippen LogP contribution is 2.15. The molecule has 1 heterocycles. The summed E-state index contributed by atoms with van der Waals surface area (Å²) in [6, 6.07) is 10.8. The van der Waals surface area contributed by atoms with Crippen molar-refractivity contribution in [1.82, 2.24) is 10.4 Å². The van der Waals surface area contributed by atoms with Crippen molar-refractivity contribution in [3.63, 3.8) is 0 Å². The zero-order valence-corrected chi connectivity index (χ0v) is 12.1. The van der Waals surface area contributed by atoms with Crippen LogP contribution in [0.4, 0.5) is 0 Å². The number of rotatable bonds is 5. The predicted octanol–water partition coefficient (Wildman–Crippen LogP) is 2.37. The number of nitrogens with one attached hydrogen (secondary N) is 1. The molecule has 0 atom stereocenters. The molecule has 1 aromatic carbocycles. The van der Waals surface area contributed by atoms with Gasteiger partial charge in [-0.05, 0) is 42.0 Å². The summed E-state index contributed by atoms with van der Waals surface area (Å²) < 4.78 is 6.26. The average Bonchev–Trinajstić information content (AvgIpc) is 2.48. The van der Waals surface area contributed by atoms with Crippen molar-refractivity contribution < 1.29 is 9.53 Å². The summed E-state index contributed by atoms with van der Waals surface area (Å²) in [4.78, 5) is 15.4. The van der Waals surface area contributed by atoms with Crippen LogP contribution in [0.25, 0.3) is 0 Å². The topological polar surface area (TPSA) is 63.6 Å². The molecule has 0 spiro atoms. The van der Waals surface area contributed by atoms with E-state index < -0.39 is 0 Å². The van der Waals surface area contributed by atoms with Crippen LogP contribution >= 0.6 is 15.9 Å². The molecule has 0 fully saturated rings. The van der Waals surface area contributed by atoms with Gasteiger partial charge in [0.25, 0.3) is 5.91 Å². The van der Waals surface area contributed by atoms with Gasteiger partial charge in [-0.2, -0.15) is 5.10 Å². The number of carbonyl (C=O) groups excluding carboxylic acids is 1. The monoisotopic (exact) mass is 333 g/mol. The summed E-state index contributed by atoms with van der Waals surface area (Å²) in [6.07, 6.45) is 4.85. The molecule has 1 aromatic heterocycles. The van der Waals surface area contributed by atoms with Gasteiger partial charge in [-0.15, -0.1) is 0 Å². The molecule has 102 valence electrons. The highest BCUT2D eigenvalue weighted by atomic mass is 79.9. The van der Waals surface area contributed by atoms with Crippen LogP contribution in [0.15, 0.2) is 58.4 Å². The number of ether oxygens (including phenoxy) is 1. The number of hydrazone groups is 1. The molecule has 1 amide bonds. The molecule has 0 bridgehead atoms. The molecule has 2 rings (SSSR count). The van der Waals surface area contributed by atoms with Crippen LogP contribution in [0.2, 0.25) is 0 Å². The second-order valence-corrected chi connectivity index (χ2v) is 4.73. The van der Waals surface area contributed by atoms with Crippen LogP contribution in [-0.2, 0) is 4.79 Å². The van der Waals surface area contributed by atoms with E-state index in [1.54, 1.807) is 42.9 Å². The molecule has 0 aliphatic rings. The van der Waals surface area contributed by atoms with Crippen molar-refractivity contribution in [2.75, 3.05) is 6.61 Å². The first-order valence-electron chi connectivity index (χ1n) is 5.84. The Kier molecular flexibility index (Phi) is 5.25. The SMILES string of the molecule is O=C(COc1ccc(Br)cc1)N/N=C/c1ccncc1. The van der Waals surface area contributed by atoms with Crippen molar-refractivity contribution in [2.24, 2.45) is 5.10 Å². The van der Waals surface area contributed by atoms with E-state index in [0.717, 1.165) is 10.0 Å². The highest BCUT2D eigenvalue weighted by Gasteiger charge is 2.00. The molecular formula is C14H12BrN3O2. The molecular weight excluding hydrogens is 322 g/mol. The number of carbonyl (C=O) groups is 1. The maximum absolute atomic E-state index is 11.5. The van der Waals surface area contributed by atoms with Gasteiger partial charge in [0.1, 0.15) is 5.75 Å². The fourth-order valence-electron chi connectivity index (χ4n) is 1.34. The number of pyridine rings is 1. The lowest BCUT2D eigenvalue weighted by Gasteiger charge is -2.04. The minimum Gasteiger partial charge on any atom is -0.484 e. The third kappa shape index (κ3) is 4.81. The maximum atomic E-state index is 11.5. The lowest BCUT2D eigenvalue weighted by Crippen LogP contribution is -2.24. The lowest BCUT2D eigenvalue weighted by atomic mass is 10.3. The second-order valence-electron chi connectivity index (χ2n) is 3.82. The van der Waals surface area contributed by atoms with Crippen molar-refractivity contribution in [2.45, 2.75) is 0 Å². The Morgan fingerprint density at radius 2 is 1.95 bits per heavy atom. The number of hydrogen-bond donors (Lipinski definition) is 1. The fourth-order valence-corrected chi connectivity index (χ4v) is 1.60. The second kappa shape index (κ2) is 7.40.